The molecule has 0 saturated carbocycles. The van der Waals surface area contributed by atoms with E-state index in [1.165, 1.54) is 12.1 Å². The van der Waals surface area contributed by atoms with Crippen LogP contribution in [-0.2, 0) is 4.74 Å². The molecule has 0 aromatic heterocycles. The largest absolute Gasteiger partial charge is 0.508 e. The van der Waals surface area contributed by atoms with Crippen LogP contribution in [0.3, 0.4) is 0 Å². The molecule has 0 aliphatic carbocycles. The Balaban J connectivity index is 2.61. The first kappa shape index (κ1) is 11.6. The van der Waals surface area contributed by atoms with E-state index in [4.69, 9.17) is 4.74 Å². The third-order valence-electron chi connectivity index (χ3n) is 2.09. The molecule has 1 unspecified atom stereocenters. The molecule has 0 radical (unpaired) electrons. The van der Waals surface area contributed by atoms with Crippen molar-refractivity contribution in [3.05, 3.63) is 29.8 Å². The lowest BCUT2D eigenvalue weighted by Gasteiger charge is -2.11. The van der Waals surface area contributed by atoms with Gasteiger partial charge in [0, 0.05) is 0 Å². The molecule has 15 heavy (non-hydrogen) atoms. The van der Waals surface area contributed by atoms with Gasteiger partial charge in [-0.05, 0) is 31.5 Å². The molecule has 0 bridgehead atoms. The van der Waals surface area contributed by atoms with Gasteiger partial charge in [-0.2, -0.15) is 0 Å². The number of ether oxygens (including phenoxy) is 1. The van der Waals surface area contributed by atoms with Gasteiger partial charge in [-0.25, -0.2) is 4.79 Å². The van der Waals surface area contributed by atoms with Gasteiger partial charge in [0.1, 0.15) is 5.75 Å². The molecule has 0 aliphatic rings. The number of phenols is 1. The second-order valence-corrected chi connectivity index (χ2v) is 3.55. The van der Waals surface area contributed by atoms with Gasteiger partial charge in [-0.15, -0.1) is 0 Å². The normalized spacial score (nSPS) is 12.1. The zero-order valence-corrected chi connectivity index (χ0v) is 9.06. The van der Waals surface area contributed by atoms with Crippen LogP contribution in [0.5, 0.6) is 5.75 Å². The molecule has 0 amide bonds. The molecule has 0 heterocycles. The Morgan fingerprint density at radius 2 is 2.27 bits per heavy atom. The first-order chi connectivity index (χ1) is 7.13. The average Bonchev–Trinajstić information content (AvgIpc) is 2.18. The van der Waals surface area contributed by atoms with Crippen molar-refractivity contribution in [3.63, 3.8) is 0 Å². The summed E-state index contributed by atoms with van der Waals surface area (Å²) in [6.07, 6.45) is 1.75. The van der Waals surface area contributed by atoms with Crippen molar-refractivity contribution in [2.24, 2.45) is 0 Å². The van der Waals surface area contributed by atoms with Crippen LogP contribution in [-0.4, -0.2) is 17.2 Å². The molecule has 0 aliphatic heterocycles. The Hall–Kier alpha value is -1.51. The minimum Gasteiger partial charge on any atom is -0.508 e. The van der Waals surface area contributed by atoms with Gasteiger partial charge in [-0.3, -0.25) is 0 Å². The molecule has 0 fully saturated rings. The minimum atomic E-state index is -0.383. The molecular weight excluding hydrogens is 192 g/mol. The maximum absolute atomic E-state index is 11.5. The van der Waals surface area contributed by atoms with Gasteiger partial charge in [0.15, 0.2) is 0 Å². The van der Waals surface area contributed by atoms with Crippen molar-refractivity contribution in [3.8, 4) is 5.75 Å². The van der Waals surface area contributed by atoms with E-state index in [1.54, 1.807) is 12.1 Å². The molecule has 3 heteroatoms. The van der Waals surface area contributed by atoms with Crippen LogP contribution in [0.4, 0.5) is 0 Å². The third-order valence-corrected chi connectivity index (χ3v) is 2.09. The lowest BCUT2D eigenvalue weighted by atomic mass is 10.2. The molecule has 1 aromatic carbocycles. The summed E-state index contributed by atoms with van der Waals surface area (Å²) in [5.41, 5.74) is 0.387. The lowest BCUT2D eigenvalue weighted by molar-refractivity contribution is 0.0323. The highest BCUT2D eigenvalue weighted by Gasteiger charge is 2.11. The van der Waals surface area contributed by atoms with Gasteiger partial charge in [0.25, 0.3) is 0 Å². The van der Waals surface area contributed by atoms with Crippen LogP contribution in [0.2, 0.25) is 0 Å². The van der Waals surface area contributed by atoms with E-state index in [-0.39, 0.29) is 17.8 Å². The molecule has 1 N–H and O–H groups in total. The minimum absolute atomic E-state index is 0.0765. The number of carbonyl (C=O) groups is 1. The standard InChI is InChI=1S/C12H16O3/c1-3-5-9(2)15-12(14)10-6-4-7-11(13)8-10/h4,6-9,13H,3,5H2,1-2H3. The first-order valence-electron chi connectivity index (χ1n) is 5.13. The van der Waals surface area contributed by atoms with E-state index in [2.05, 4.69) is 0 Å². The molecule has 82 valence electrons. The van der Waals surface area contributed by atoms with Crippen LogP contribution >= 0.6 is 0 Å². The Labute approximate surface area is 89.7 Å². The maximum atomic E-state index is 11.5. The molecule has 0 saturated heterocycles. The molecular formula is C12H16O3. The van der Waals surface area contributed by atoms with Crippen LogP contribution in [0, 0.1) is 0 Å². The first-order valence-corrected chi connectivity index (χ1v) is 5.13. The highest BCUT2D eigenvalue weighted by atomic mass is 16.5. The Bertz CT molecular complexity index is 333. The number of rotatable bonds is 4. The van der Waals surface area contributed by atoms with Gasteiger partial charge < -0.3 is 9.84 Å². The van der Waals surface area contributed by atoms with Crippen molar-refractivity contribution in [2.45, 2.75) is 32.8 Å². The fourth-order valence-electron chi connectivity index (χ4n) is 1.35. The fourth-order valence-corrected chi connectivity index (χ4v) is 1.35. The van der Waals surface area contributed by atoms with Crippen molar-refractivity contribution < 1.29 is 14.6 Å². The Morgan fingerprint density at radius 1 is 1.53 bits per heavy atom. The smallest absolute Gasteiger partial charge is 0.338 e. The summed E-state index contributed by atoms with van der Waals surface area (Å²) >= 11 is 0. The highest BCUT2D eigenvalue weighted by Crippen LogP contribution is 2.13. The van der Waals surface area contributed by atoms with E-state index in [1.807, 2.05) is 13.8 Å². The number of carbonyl (C=O) groups excluding carboxylic acids is 1. The number of hydrogen-bond acceptors (Lipinski definition) is 3. The van der Waals surface area contributed by atoms with E-state index in [0.717, 1.165) is 12.8 Å². The van der Waals surface area contributed by atoms with E-state index >= 15 is 0 Å². The highest BCUT2D eigenvalue weighted by molar-refractivity contribution is 5.89. The Morgan fingerprint density at radius 3 is 2.87 bits per heavy atom. The topological polar surface area (TPSA) is 46.5 Å². The number of aromatic hydroxyl groups is 1. The molecule has 3 nitrogen and oxygen atoms in total. The summed E-state index contributed by atoms with van der Waals surface area (Å²) in [4.78, 5) is 11.5. The summed E-state index contributed by atoms with van der Waals surface area (Å²) in [6.45, 7) is 3.91. The number of benzene rings is 1. The average molecular weight is 208 g/mol. The van der Waals surface area contributed by atoms with Crippen molar-refractivity contribution in [2.75, 3.05) is 0 Å². The number of esters is 1. The summed E-state index contributed by atoms with van der Waals surface area (Å²) in [6, 6.07) is 6.17. The number of phenolic OH excluding ortho intramolecular Hbond substituents is 1. The van der Waals surface area contributed by atoms with Crippen LogP contribution in [0.1, 0.15) is 37.0 Å². The Kier molecular flexibility index (Phi) is 4.16. The van der Waals surface area contributed by atoms with E-state index < -0.39 is 0 Å². The van der Waals surface area contributed by atoms with Crippen molar-refractivity contribution >= 4 is 5.97 Å². The monoisotopic (exact) mass is 208 g/mol. The molecule has 1 rings (SSSR count). The summed E-state index contributed by atoms with van der Waals surface area (Å²) in [5.74, 6) is -0.306. The predicted octanol–water partition coefficient (Wildman–Crippen LogP) is 2.74. The summed E-state index contributed by atoms with van der Waals surface area (Å²) in [7, 11) is 0. The summed E-state index contributed by atoms with van der Waals surface area (Å²) in [5, 5.41) is 9.19. The van der Waals surface area contributed by atoms with E-state index in [0.29, 0.717) is 5.56 Å². The van der Waals surface area contributed by atoms with Gasteiger partial charge in [0.05, 0.1) is 11.7 Å². The summed E-state index contributed by atoms with van der Waals surface area (Å²) < 4.78 is 5.18. The quantitative estimate of drug-likeness (QED) is 0.774. The molecule has 1 aromatic rings. The fraction of sp³-hybridized carbons (Fsp3) is 0.417. The van der Waals surface area contributed by atoms with E-state index in [9.17, 15) is 9.90 Å². The maximum Gasteiger partial charge on any atom is 0.338 e. The van der Waals surface area contributed by atoms with Crippen molar-refractivity contribution in [1.82, 2.24) is 0 Å². The second-order valence-electron chi connectivity index (χ2n) is 3.55. The third kappa shape index (κ3) is 3.62. The van der Waals surface area contributed by atoms with Gasteiger partial charge in [-0.1, -0.05) is 19.4 Å². The zero-order valence-electron chi connectivity index (χ0n) is 9.06. The van der Waals surface area contributed by atoms with Crippen LogP contribution in [0.15, 0.2) is 24.3 Å². The second kappa shape index (κ2) is 5.39. The lowest BCUT2D eigenvalue weighted by Crippen LogP contribution is -2.14. The zero-order chi connectivity index (χ0) is 11.3. The molecule has 1 atom stereocenters. The van der Waals surface area contributed by atoms with Gasteiger partial charge in [0.2, 0.25) is 0 Å². The molecule has 0 spiro atoms. The SMILES string of the molecule is CCCC(C)OC(=O)c1cccc(O)c1. The van der Waals surface area contributed by atoms with Gasteiger partial charge >= 0.3 is 5.97 Å². The number of hydrogen-bond donors (Lipinski definition) is 1. The van der Waals surface area contributed by atoms with Crippen LogP contribution < -0.4 is 0 Å². The van der Waals surface area contributed by atoms with Crippen LogP contribution in [0.25, 0.3) is 0 Å². The van der Waals surface area contributed by atoms with Crippen molar-refractivity contribution in [1.29, 1.82) is 0 Å². The predicted molar refractivity (Wildman–Crippen MR) is 57.9 cm³/mol.